The van der Waals surface area contributed by atoms with Gasteiger partial charge in [0.15, 0.2) is 0 Å². The molecule has 0 unspecified atom stereocenters. The Labute approximate surface area is 127 Å². The summed E-state index contributed by atoms with van der Waals surface area (Å²) >= 11 is 4.93. The molecule has 0 heterocycles. The van der Waals surface area contributed by atoms with Gasteiger partial charge in [0.25, 0.3) is 0 Å². The smallest absolute Gasteiger partial charge is 0.119 e. The second kappa shape index (κ2) is 7.60. The van der Waals surface area contributed by atoms with Gasteiger partial charge in [-0.1, -0.05) is 25.6 Å². The summed E-state index contributed by atoms with van der Waals surface area (Å²) in [6.07, 6.45) is 5.24. The van der Waals surface area contributed by atoms with Crippen LogP contribution in [0, 0.1) is 0 Å². The van der Waals surface area contributed by atoms with Crippen molar-refractivity contribution in [3.05, 3.63) is 29.8 Å². The van der Waals surface area contributed by atoms with Gasteiger partial charge in [-0.3, -0.25) is 4.90 Å². The number of nitrogens with two attached hydrogens (primary N) is 1. The molecule has 1 fully saturated rings. The highest BCUT2D eigenvalue weighted by molar-refractivity contribution is 7.80. The molecule has 0 aromatic heterocycles. The lowest BCUT2D eigenvalue weighted by atomic mass is 10.2. The monoisotopic (exact) mass is 292 g/mol. The normalized spacial score (nSPS) is 14.5. The van der Waals surface area contributed by atoms with Crippen molar-refractivity contribution < 1.29 is 4.74 Å². The largest absolute Gasteiger partial charge is 0.492 e. The number of hydrogen-bond donors (Lipinski definition) is 1. The van der Waals surface area contributed by atoms with Crippen molar-refractivity contribution in [1.82, 2.24) is 4.90 Å². The van der Waals surface area contributed by atoms with Crippen molar-refractivity contribution in [2.45, 2.75) is 38.6 Å². The number of hydrogen-bond acceptors (Lipinski definition) is 3. The van der Waals surface area contributed by atoms with Gasteiger partial charge >= 0.3 is 0 Å². The van der Waals surface area contributed by atoms with Gasteiger partial charge in [-0.15, -0.1) is 0 Å². The van der Waals surface area contributed by atoms with E-state index in [0.29, 0.717) is 4.99 Å². The molecule has 0 bridgehead atoms. The first-order chi connectivity index (χ1) is 9.70. The van der Waals surface area contributed by atoms with Gasteiger partial charge in [-0.2, -0.15) is 0 Å². The molecule has 2 rings (SSSR count). The van der Waals surface area contributed by atoms with Crippen LogP contribution in [0.4, 0.5) is 0 Å². The van der Waals surface area contributed by atoms with Crippen molar-refractivity contribution in [1.29, 1.82) is 0 Å². The summed E-state index contributed by atoms with van der Waals surface area (Å²) in [5.41, 5.74) is 6.46. The first kappa shape index (κ1) is 15.3. The van der Waals surface area contributed by atoms with Gasteiger partial charge in [-0.05, 0) is 50.1 Å². The molecule has 0 atom stereocenters. The Kier molecular flexibility index (Phi) is 5.80. The number of ether oxygens (including phenoxy) is 1. The summed E-state index contributed by atoms with van der Waals surface area (Å²) in [6.45, 7) is 5.20. The highest BCUT2D eigenvalue weighted by Crippen LogP contribution is 2.26. The van der Waals surface area contributed by atoms with E-state index in [9.17, 15) is 0 Å². The van der Waals surface area contributed by atoms with Crippen LogP contribution in [-0.2, 0) is 0 Å². The highest BCUT2D eigenvalue weighted by atomic mass is 32.1. The van der Waals surface area contributed by atoms with Crippen molar-refractivity contribution in [3.8, 4) is 5.75 Å². The minimum atomic E-state index is 0.427. The Morgan fingerprint density at radius 1 is 1.30 bits per heavy atom. The molecule has 20 heavy (non-hydrogen) atoms. The summed E-state index contributed by atoms with van der Waals surface area (Å²) < 4.78 is 5.80. The molecule has 1 saturated carbocycles. The Morgan fingerprint density at radius 3 is 2.55 bits per heavy atom. The van der Waals surface area contributed by atoms with Gasteiger partial charge in [0.2, 0.25) is 0 Å². The molecule has 0 aliphatic heterocycles. The maximum atomic E-state index is 5.80. The second-order valence-corrected chi connectivity index (χ2v) is 5.80. The average molecular weight is 292 g/mol. The summed E-state index contributed by atoms with van der Waals surface area (Å²) in [7, 11) is 0. The van der Waals surface area contributed by atoms with E-state index < -0.39 is 0 Å². The van der Waals surface area contributed by atoms with Gasteiger partial charge in [0.05, 0.1) is 0 Å². The summed E-state index contributed by atoms with van der Waals surface area (Å²) in [4.78, 5) is 2.99. The highest BCUT2D eigenvalue weighted by Gasteiger charge is 2.27. The van der Waals surface area contributed by atoms with E-state index in [1.54, 1.807) is 0 Å². The Bertz CT molecular complexity index is 429. The minimum absolute atomic E-state index is 0.427. The van der Waals surface area contributed by atoms with E-state index in [1.807, 2.05) is 24.3 Å². The van der Waals surface area contributed by atoms with Crippen molar-refractivity contribution in [2.24, 2.45) is 5.73 Å². The lowest BCUT2D eigenvalue weighted by molar-refractivity contribution is 0.199. The van der Waals surface area contributed by atoms with Crippen LogP contribution in [-0.4, -0.2) is 35.6 Å². The minimum Gasteiger partial charge on any atom is -0.492 e. The SMILES string of the molecule is CCCCN(CCOc1ccc(C(N)=S)cc1)C1CC1. The Balaban J connectivity index is 1.74. The van der Waals surface area contributed by atoms with E-state index in [2.05, 4.69) is 11.8 Å². The van der Waals surface area contributed by atoms with Crippen molar-refractivity contribution in [2.75, 3.05) is 19.7 Å². The van der Waals surface area contributed by atoms with Crippen molar-refractivity contribution >= 4 is 17.2 Å². The number of nitrogens with zero attached hydrogens (tertiary/aromatic N) is 1. The van der Waals surface area contributed by atoms with Crippen molar-refractivity contribution in [3.63, 3.8) is 0 Å². The van der Waals surface area contributed by atoms with Gasteiger partial charge in [-0.25, -0.2) is 0 Å². The third kappa shape index (κ3) is 4.76. The fraction of sp³-hybridized carbons (Fsp3) is 0.562. The molecule has 1 aliphatic rings. The van der Waals surface area contributed by atoms with E-state index >= 15 is 0 Å². The maximum absolute atomic E-state index is 5.80. The summed E-state index contributed by atoms with van der Waals surface area (Å²) in [5, 5.41) is 0. The zero-order valence-corrected chi connectivity index (χ0v) is 13.0. The van der Waals surface area contributed by atoms with Crippen LogP contribution in [0.2, 0.25) is 0 Å². The summed E-state index contributed by atoms with van der Waals surface area (Å²) in [6, 6.07) is 8.49. The van der Waals surface area contributed by atoms with E-state index in [4.69, 9.17) is 22.7 Å². The first-order valence-corrected chi connectivity index (χ1v) is 7.88. The predicted molar refractivity (Wildman–Crippen MR) is 87.3 cm³/mol. The molecule has 0 radical (unpaired) electrons. The molecule has 4 heteroatoms. The van der Waals surface area contributed by atoms with Crippen LogP contribution in [0.3, 0.4) is 0 Å². The lowest BCUT2D eigenvalue weighted by Gasteiger charge is -2.21. The molecular formula is C16H24N2OS. The van der Waals surface area contributed by atoms with Gasteiger partial charge in [0, 0.05) is 18.2 Å². The fourth-order valence-electron chi connectivity index (χ4n) is 2.27. The summed E-state index contributed by atoms with van der Waals surface area (Å²) in [5.74, 6) is 0.885. The van der Waals surface area contributed by atoms with E-state index in [0.717, 1.165) is 30.5 Å². The standard InChI is InChI=1S/C16H24N2OS/c1-2-3-10-18(14-6-7-14)11-12-19-15-8-4-13(5-9-15)16(17)20/h4-5,8-9,14H,2-3,6-7,10-12H2,1H3,(H2,17,20). The van der Waals surface area contributed by atoms with E-state index in [1.165, 1.54) is 32.2 Å². The Hall–Kier alpha value is -1.13. The quantitative estimate of drug-likeness (QED) is 0.710. The number of benzene rings is 1. The Morgan fingerprint density at radius 2 is 2.00 bits per heavy atom. The molecule has 1 aromatic carbocycles. The zero-order valence-electron chi connectivity index (χ0n) is 12.2. The van der Waals surface area contributed by atoms with Crippen LogP contribution in [0.5, 0.6) is 5.75 Å². The molecule has 3 nitrogen and oxygen atoms in total. The molecule has 1 aliphatic carbocycles. The molecule has 1 aromatic rings. The fourth-order valence-corrected chi connectivity index (χ4v) is 2.41. The second-order valence-electron chi connectivity index (χ2n) is 5.36. The average Bonchev–Trinajstić information content (AvgIpc) is 3.27. The van der Waals surface area contributed by atoms with Crippen LogP contribution in [0.15, 0.2) is 24.3 Å². The number of rotatable bonds is 9. The topological polar surface area (TPSA) is 38.5 Å². The molecular weight excluding hydrogens is 268 g/mol. The number of unbranched alkanes of at least 4 members (excludes halogenated alkanes) is 1. The van der Waals surface area contributed by atoms with Crippen LogP contribution in [0.25, 0.3) is 0 Å². The zero-order chi connectivity index (χ0) is 14.4. The van der Waals surface area contributed by atoms with Crippen LogP contribution < -0.4 is 10.5 Å². The van der Waals surface area contributed by atoms with Crippen LogP contribution >= 0.6 is 12.2 Å². The maximum Gasteiger partial charge on any atom is 0.119 e. The molecule has 2 N–H and O–H groups in total. The molecule has 0 spiro atoms. The molecule has 0 saturated heterocycles. The third-order valence-electron chi connectivity index (χ3n) is 3.65. The third-order valence-corrected chi connectivity index (χ3v) is 3.88. The lowest BCUT2D eigenvalue weighted by Crippen LogP contribution is -2.31. The van der Waals surface area contributed by atoms with Gasteiger partial charge in [0.1, 0.15) is 17.3 Å². The van der Waals surface area contributed by atoms with E-state index in [-0.39, 0.29) is 0 Å². The predicted octanol–water partition coefficient (Wildman–Crippen LogP) is 2.96. The van der Waals surface area contributed by atoms with Crippen LogP contribution in [0.1, 0.15) is 38.2 Å². The molecule has 110 valence electrons. The molecule has 0 amide bonds. The first-order valence-electron chi connectivity index (χ1n) is 7.47. The van der Waals surface area contributed by atoms with Gasteiger partial charge < -0.3 is 10.5 Å². The number of thiocarbonyl (C=S) groups is 1.